The monoisotopic (exact) mass is 415 g/mol. The number of nitrogens with zero attached hydrogens (tertiary/aromatic N) is 1. The Bertz CT molecular complexity index is 962. The molecular formula is C16H15Cl2N3O4S. The van der Waals surface area contributed by atoms with Crippen molar-refractivity contribution in [1.82, 2.24) is 15.2 Å². The third-order valence-corrected chi connectivity index (χ3v) is 5.71. The summed E-state index contributed by atoms with van der Waals surface area (Å²) >= 11 is 11.8. The highest BCUT2D eigenvalue weighted by molar-refractivity contribution is 7.89. The van der Waals surface area contributed by atoms with E-state index in [-0.39, 0.29) is 21.0 Å². The quantitative estimate of drug-likeness (QED) is 0.748. The number of hydrazine groups is 1. The van der Waals surface area contributed by atoms with Crippen LogP contribution in [0.5, 0.6) is 0 Å². The number of rotatable bonds is 4. The third-order valence-electron chi connectivity index (χ3n) is 3.34. The van der Waals surface area contributed by atoms with E-state index in [0.717, 1.165) is 10.4 Å². The van der Waals surface area contributed by atoms with Crippen molar-refractivity contribution >= 4 is 45.0 Å². The van der Waals surface area contributed by atoms with Crippen LogP contribution in [-0.4, -0.2) is 38.6 Å². The van der Waals surface area contributed by atoms with Gasteiger partial charge in [-0.2, -0.15) is 0 Å². The molecule has 0 atom stereocenters. The van der Waals surface area contributed by atoms with E-state index in [1.54, 1.807) is 12.1 Å². The van der Waals surface area contributed by atoms with Crippen LogP contribution >= 0.6 is 23.2 Å². The maximum absolute atomic E-state index is 12.3. The number of carbonyl (C=O) groups is 2. The van der Waals surface area contributed by atoms with Crippen molar-refractivity contribution < 1.29 is 18.0 Å². The lowest BCUT2D eigenvalue weighted by Crippen LogP contribution is -2.41. The number of sulfonamides is 1. The van der Waals surface area contributed by atoms with Crippen molar-refractivity contribution in [3.63, 3.8) is 0 Å². The molecule has 10 heteroatoms. The molecule has 2 N–H and O–H groups in total. The summed E-state index contributed by atoms with van der Waals surface area (Å²) < 4.78 is 25.4. The molecule has 2 rings (SSSR count). The van der Waals surface area contributed by atoms with Crippen molar-refractivity contribution in [3.8, 4) is 0 Å². The van der Waals surface area contributed by atoms with E-state index in [2.05, 4.69) is 10.9 Å². The normalized spacial score (nSPS) is 11.3. The van der Waals surface area contributed by atoms with Gasteiger partial charge in [0.25, 0.3) is 11.8 Å². The van der Waals surface area contributed by atoms with Gasteiger partial charge in [-0.05, 0) is 36.4 Å². The first kappa shape index (κ1) is 20.2. The smallest absolute Gasteiger partial charge is 0.267 e. The van der Waals surface area contributed by atoms with Gasteiger partial charge < -0.3 is 0 Å². The molecule has 138 valence electrons. The second-order valence-corrected chi connectivity index (χ2v) is 8.34. The predicted molar refractivity (Wildman–Crippen MR) is 98.7 cm³/mol. The van der Waals surface area contributed by atoms with Gasteiger partial charge in [-0.1, -0.05) is 29.3 Å². The molecule has 2 aromatic carbocycles. The fourth-order valence-electron chi connectivity index (χ4n) is 1.93. The van der Waals surface area contributed by atoms with Crippen molar-refractivity contribution in [2.75, 3.05) is 14.1 Å². The molecule has 0 unspecified atom stereocenters. The predicted octanol–water partition coefficient (Wildman–Crippen LogP) is 2.32. The molecule has 0 aliphatic rings. The lowest BCUT2D eigenvalue weighted by molar-refractivity contribution is 0.0846. The molecule has 26 heavy (non-hydrogen) atoms. The molecular weight excluding hydrogens is 401 g/mol. The number of nitrogens with one attached hydrogen (secondary N) is 2. The van der Waals surface area contributed by atoms with E-state index >= 15 is 0 Å². The third kappa shape index (κ3) is 4.53. The number of halogens is 2. The first-order valence-corrected chi connectivity index (χ1v) is 9.41. The number of amides is 2. The zero-order chi connectivity index (χ0) is 19.5. The minimum Gasteiger partial charge on any atom is -0.267 e. The zero-order valence-electron chi connectivity index (χ0n) is 13.8. The van der Waals surface area contributed by atoms with E-state index in [0.29, 0.717) is 5.02 Å². The van der Waals surface area contributed by atoms with Crippen molar-refractivity contribution in [3.05, 3.63) is 63.6 Å². The van der Waals surface area contributed by atoms with Gasteiger partial charge in [0.15, 0.2) is 0 Å². The number of hydrogen-bond acceptors (Lipinski definition) is 4. The zero-order valence-corrected chi connectivity index (χ0v) is 16.1. The van der Waals surface area contributed by atoms with E-state index in [1.807, 2.05) is 0 Å². The molecule has 0 heterocycles. The Balaban J connectivity index is 2.18. The molecule has 0 aromatic heterocycles. The Morgan fingerprint density at radius 3 is 2.23 bits per heavy atom. The maximum Gasteiger partial charge on any atom is 0.271 e. The summed E-state index contributed by atoms with van der Waals surface area (Å²) in [6, 6.07) is 9.87. The van der Waals surface area contributed by atoms with Gasteiger partial charge in [0, 0.05) is 24.7 Å². The SMILES string of the molecule is CN(C)S(=O)(=O)c1ccc(Cl)c(C(=O)NNC(=O)c2cccc(Cl)c2)c1. The standard InChI is InChI=1S/C16H15Cl2N3O4S/c1-21(2)26(24,25)12-6-7-14(18)13(9-12)16(23)20-19-15(22)10-4-3-5-11(17)8-10/h3-9H,1-2H3,(H,19,22)(H,20,23). The minimum absolute atomic E-state index is 0.0391. The average molecular weight is 416 g/mol. The Hall–Kier alpha value is -2.13. The van der Waals surface area contributed by atoms with Gasteiger partial charge in [0.2, 0.25) is 10.0 Å². The molecule has 0 saturated heterocycles. The Morgan fingerprint density at radius 2 is 1.62 bits per heavy atom. The van der Waals surface area contributed by atoms with E-state index in [4.69, 9.17) is 23.2 Å². The Labute approximate surface area is 160 Å². The van der Waals surface area contributed by atoms with Crippen LogP contribution in [0.3, 0.4) is 0 Å². The second kappa shape index (κ2) is 8.05. The molecule has 2 aromatic rings. The molecule has 2 amide bonds. The van der Waals surface area contributed by atoms with Gasteiger partial charge in [-0.15, -0.1) is 0 Å². The van der Waals surface area contributed by atoms with E-state index in [9.17, 15) is 18.0 Å². The van der Waals surface area contributed by atoms with E-state index < -0.39 is 21.8 Å². The van der Waals surface area contributed by atoms with Crippen molar-refractivity contribution in [2.45, 2.75) is 4.90 Å². The van der Waals surface area contributed by atoms with Crippen molar-refractivity contribution in [2.24, 2.45) is 0 Å². The lowest BCUT2D eigenvalue weighted by Gasteiger charge is -2.13. The van der Waals surface area contributed by atoms with Gasteiger partial charge >= 0.3 is 0 Å². The summed E-state index contributed by atoms with van der Waals surface area (Å²) in [5.74, 6) is -1.35. The average Bonchev–Trinajstić information content (AvgIpc) is 2.59. The largest absolute Gasteiger partial charge is 0.271 e. The van der Waals surface area contributed by atoms with Crippen LogP contribution in [0.15, 0.2) is 47.4 Å². The molecule has 7 nitrogen and oxygen atoms in total. The highest BCUT2D eigenvalue weighted by atomic mass is 35.5. The Kier molecular flexibility index (Phi) is 6.25. The number of carbonyl (C=O) groups excluding carboxylic acids is 2. The number of hydrogen-bond donors (Lipinski definition) is 2. The fourth-order valence-corrected chi connectivity index (χ4v) is 3.25. The molecule has 0 aliphatic heterocycles. The molecule has 0 fully saturated rings. The van der Waals surface area contributed by atoms with Crippen LogP contribution in [0.1, 0.15) is 20.7 Å². The van der Waals surface area contributed by atoms with Crippen LogP contribution in [0.2, 0.25) is 10.0 Å². The fraction of sp³-hybridized carbons (Fsp3) is 0.125. The van der Waals surface area contributed by atoms with Crippen molar-refractivity contribution in [1.29, 1.82) is 0 Å². The maximum atomic E-state index is 12.3. The van der Waals surface area contributed by atoms with Gasteiger partial charge in [-0.25, -0.2) is 12.7 Å². The highest BCUT2D eigenvalue weighted by Gasteiger charge is 2.21. The topological polar surface area (TPSA) is 95.6 Å². The summed E-state index contributed by atoms with van der Waals surface area (Å²) in [6.45, 7) is 0. The molecule has 0 spiro atoms. The minimum atomic E-state index is -3.74. The molecule has 0 saturated carbocycles. The molecule has 0 radical (unpaired) electrons. The first-order valence-electron chi connectivity index (χ1n) is 7.21. The Morgan fingerprint density at radius 1 is 0.962 bits per heavy atom. The van der Waals surface area contributed by atoms with Gasteiger partial charge in [0.1, 0.15) is 0 Å². The summed E-state index contributed by atoms with van der Waals surface area (Å²) in [4.78, 5) is 24.2. The summed E-state index contributed by atoms with van der Waals surface area (Å²) in [6.07, 6.45) is 0. The van der Waals surface area contributed by atoms with Crippen LogP contribution < -0.4 is 10.9 Å². The first-order chi connectivity index (χ1) is 12.1. The van der Waals surface area contributed by atoms with Crippen LogP contribution in [0.4, 0.5) is 0 Å². The van der Waals surface area contributed by atoms with Crippen LogP contribution in [0.25, 0.3) is 0 Å². The summed E-state index contributed by atoms with van der Waals surface area (Å²) in [5.41, 5.74) is 4.56. The van der Waals surface area contributed by atoms with E-state index in [1.165, 1.54) is 38.4 Å². The van der Waals surface area contributed by atoms with Crippen LogP contribution in [-0.2, 0) is 10.0 Å². The van der Waals surface area contributed by atoms with Gasteiger partial charge in [-0.3, -0.25) is 20.4 Å². The number of benzene rings is 2. The second-order valence-electron chi connectivity index (χ2n) is 5.35. The summed E-state index contributed by atoms with van der Waals surface area (Å²) in [7, 11) is -0.996. The molecule has 0 aliphatic carbocycles. The molecule has 0 bridgehead atoms. The lowest BCUT2D eigenvalue weighted by atomic mass is 10.2. The summed E-state index contributed by atoms with van der Waals surface area (Å²) in [5, 5.41) is 0.408. The van der Waals surface area contributed by atoms with Crippen LogP contribution in [0, 0.1) is 0 Å². The highest BCUT2D eigenvalue weighted by Crippen LogP contribution is 2.22. The van der Waals surface area contributed by atoms with Gasteiger partial charge in [0.05, 0.1) is 15.5 Å².